The molecule has 0 saturated carbocycles. The van der Waals surface area contributed by atoms with Crippen LogP contribution in [0.2, 0.25) is 15.1 Å². The van der Waals surface area contributed by atoms with E-state index in [9.17, 15) is 58.3 Å². The van der Waals surface area contributed by atoms with Crippen LogP contribution in [0.15, 0.2) is 55.1 Å². The second-order valence-corrected chi connectivity index (χ2v) is 18.2. The molecule has 1 N–H and O–H groups in total. The van der Waals surface area contributed by atoms with Crippen molar-refractivity contribution in [2.24, 2.45) is 0 Å². The van der Waals surface area contributed by atoms with Gasteiger partial charge in [0.1, 0.15) is 16.9 Å². The first-order valence-electron chi connectivity index (χ1n) is 19.8. The highest BCUT2D eigenvalue weighted by Gasteiger charge is 2.44. The topological polar surface area (TPSA) is 94.4 Å². The summed E-state index contributed by atoms with van der Waals surface area (Å²) < 4.78 is 135. The standard InChI is InChI=1S/C23H22ClF4N3O.C11H13ClF3NO.C10H11ClF3NO2/c1-14-20(24)17(23(26,27)28)13-31(14)22(2,3)21(32)30-11-4-5-18-19(30)10-12-29(18)16-8-6-15(25)7-9-16;1-6-9(12)8(11(13,14)15)5-16(6)10(3,4)7(2)17;1-5-7(11)6(10(12,13)14)4-15(5)9(2,3)8(16)17/h6-10,12-13H,4-5,11H2,1-3H3;5H,1-4H3;4H,1-3H3,(H,16,17). The molecule has 0 spiro atoms. The molecule has 1 aromatic carbocycles. The van der Waals surface area contributed by atoms with Crippen molar-refractivity contribution in [3.05, 3.63) is 115 Å². The van der Waals surface area contributed by atoms with Gasteiger partial charge in [0.05, 0.1) is 43.0 Å². The van der Waals surface area contributed by atoms with Gasteiger partial charge < -0.3 is 28.3 Å². The monoisotopic (exact) mass is 1000 g/mol. The maximum absolute atomic E-state index is 13.6. The number of amides is 1. The summed E-state index contributed by atoms with van der Waals surface area (Å²) in [5, 5.41) is 7.75. The second-order valence-electron chi connectivity index (χ2n) is 17.0. The number of carboxylic acid groups (broad SMARTS) is 1. The molecule has 0 aliphatic carbocycles. The molecule has 1 aliphatic heterocycles. The van der Waals surface area contributed by atoms with Gasteiger partial charge in [-0.25, -0.2) is 9.18 Å². The maximum atomic E-state index is 13.6. The predicted molar refractivity (Wildman–Crippen MR) is 230 cm³/mol. The van der Waals surface area contributed by atoms with E-state index in [-0.39, 0.29) is 39.6 Å². The van der Waals surface area contributed by atoms with Gasteiger partial charge in [-0.1, -0.05) is 34.8 Å². The summed E-state index contributed by atoms with van der Waals surface area (Å²) in [6, 6.07) is 7.86. The molecule has 0 unspecified atom stereocenters. The van der Waals surface area contributed by atoms with E-state index in [4.69, 9.17) is 39.9 Å². The fourth-order valence-corrected chi connectivity index (χ4v) is 8.06. The normalized spacial score (nSPS) is 13.7. The summed E-state index contributed by atoms with van der Waals surface area (Å²) in [6.07, 6.45) is -7.97. The Morgan fingerprint density at radius 1 is 0.606 bits per heavy atom. The smallest absolute Gasteiger partial charge is 0.419 e. The number of carboxylic acids is 1. The number of Topliss-reactive ketones (excluding diaryl/α,β-unsaturated/α-hetero) is 1. The number of ketones is 1. The van der Waals surface area contributed by atoms with E-state index in [2.05, 4.69) is 0 Å². The maximum Gasteiger partial charge on any atom is 0.419 e. The summed E-state index contributed by atoms with van der Waals surface area (Å²) in [4.78, 5) is 37.7. The Balaban J connectivity index is 0.000000238. The van der Waals surface area contributed by atoms with Crippen LogP contribution in [-0.2, 0) is 56.0 Å². The number of hydrogen-bond acceptors (Lipinski definition) is 3. The minimum atomic E-state index is -4.61. The first kappa shape index (κ1) is 53.7. The van der Waals surface area contributed by atoms with Crippen LogP contribution in [0.25, 0.3) is 5.69 Å². The molecule has 0 atom stereocenters. The Kier molecular flexibility index (Phi) is 15.2. The number of alkyl halides is 9. The first-order chi connectivity index (χ1) is 29.9. The van der Waals surface area contributed by atoms with Gasteiger partial charge in [-0.15, -0.1) is 0 Å². The number of benzene rings is 1. The van der Waals surface area contributed by atoms with E-state index < -0.39 is 67.9 Å². The molecule has 362 valence electrons. The highest BCUT2D eigenvalue weighted by molar-refractivity contribution is 6.33. The molecule has 66 heavy (non-hydrogen) atoms. The van der Waals surface area contributed by atoms with Crippen molar-refractivity contribution in [2.45, 2.75) is 117 Å². The molecule has 1 amide bonds. The van der Waals surface area contributed by atoms with Crippen molar-refractivity contribution in [3.63, 3.8) is 0 Å². The molecule has 5 heterocycles. The number of nitrogens with zero attached hydrogens (tertiary/aromatic N) is 5. The third-order valence-corrected chi connectivity index (χ3v) is 13.0. The van der Waals surface area contributed by atoms with Crippen molar-refractivity contribution < 1.29 is 63.4 Å². The van der Waals surface area contributed by atoms with Crippen LogP contribution in [0.1, 0.15) is 94.4 Å². The molecule has 9 nitrogen and oxygen atoms in total. The number of fused-ring (bicyclic) bond motifs is 1. The van der Waals surface area contributed by atoms with Gasteiger partial charge in [0.25, 0.3) is 5.91 Å². The Morgan fingerprint density at radius 2 is 0.985 bits per heavy atom. The molecular weight excluding hydrogens is 959 g/mol. The van der Waals surface area contributed by atoms with E-state index in [0.717, 1.165) is 41.0 Å². The number of carbonyl (C=O) groups excluding carboxylic acids is 2. The van der Waals surface area contributed by atoms with Crippen LogP contribution in [0.4, 0.5) is 49.6 Å². The summed E-state index contributed by atoms with van der Waals surface area (Å²) in [6.45, 7) is 15.0. The van der Waals surface area contributed by atoms with Gasteiger partial charge in [0.15, 0.2) is 5.78 Å². The summed E-state index contributed by atoms with van der Waals surface area (Å²) in [5.41, 5.74) is -3.88. The molecule has 0 fully saturated rings. The summed E-state index contributed by atoms with van der Waals surface area (Å²) in [5.74, 6) is -2.15. The second kappa shape index (κ2) is 18.7. The van der Waals surface area contributed by atoms with Crippen LogP contribution < -0.4 is 4.90 Å². The predicted octanol–water partition coefficient (Wildman–Crippen LogP) is 13.2. The van der Waals surface area contributed by atoms with Crippen LogP contribution in [-0.4, -0.2) is 47.6 Å². The van der Waals surface area contributed by atoms with Crippen molar-refractivity contribution in [2.75, 3.05) is 11.4 Å². The zero-order valence-electron chi connectivity index (χ0n) is 37.1. The largest absolute Gasteiger partial charge is 0.480 e. The number of halogens is 13. The van der Waals surface area contributed by atoms with E-state index in [1.54, 1.807) is 44.7 Å². The fraction of sp³-hybridized carbons (Fsp3) is 0.432. The Hall–Kier alpha value is -4.88. The van der Waals surface area contributed by atoms with Crippen molar-refractivity contribution in [3.8, 4) is 5.69 Å². The Bertz CT molecular complexity index is 2540. The SMILES string of the molecule is CC(=O)C(C)(C)n1cc(C(F)(F)F)c(Cl)c1C.Cc1c(Cl)c(C(F)(F)F)cn1C(C)(C)C(=O)N1CCCc2c1ccn2-c1ccc(F)cc1.Cc1c(Cl)c(C(F)(F)F)cn1C(C)(C)C(=O)O. The summed E-state index contributed by atoms with van der Waals surface area (Å²) >= 11 is 17.2. The minimum absolute atomic E-state index is 0.0754. The lowest BCUT2D eigenvalue weighted by Gasteiger charge is -2.36. The van der Waals surface area contributed by atoms with Gasteiger partial charge in [-0.2, -0.15) is 39.5 Å². The Labute approximate surface area is 388 Å². The Morgan fingerprint density at radius 3 is 1.33 bits per heavy atom. The summed E-state index contributed by atoms with van der Waals surface area (Å²) in [7, 11) is 0. The van der Waals surface area contributed by atoms with Crippen LogP contribution in [0, 0.1) is 26.6 Å². The molecular formula is C44H46Cl3F10N5O4. The number of carbonyl (C=O) groups is 3. The molecule has 0 saturated heterocycles. The number of anilines is 1. The van der Waals surface area contributed by atoms with E-state index in [1.807, 2.05) is 16.8 Å². The minimum Gasteiger partial charge on any atom is -0.480 e. The van der Waals surface area contributed by atoms with Crippen LogP contribution >= 0.6 is 34.8 Å². The van der Waals surface area contributed by atoms with Crippen LogP contribution in [0.5, 0.6) is 0 Å². The number of rotatable bonds is 7. The molecule has 0 bridgehead atoms. The molecule has 5 aromatic rings. The average molecular weight is 1010 g/mol. The third kappa shape index (κ3) is 10.5. The van der Waals surface area contributed by atoms with Gasteiger partial charge in [-0.3, -0.25) is 9.59 Å². The van der Waals surface area contributed by atoms with Crippen molar-refractivity contribution in [1.29, 1.82) is 0 Å². The van der Waals surface area contributed by atoms with Crippen LogP contribution in [0.3, 0.4) is 0 Å². The molecule has 22 heteroatoms. The van der Waals surface area contributed by atoms with Crippen molar-refractivity contribution in [1.82, 2.24) is 18.3 Å². The third-order valence-electron chi connectivity index (χ3n) is 11.6. The van der Waals surface area contributed by atoms with E-state index in [1.165, 1.54) is 62.8 Å². The molecule has 4 aromatic heterocycles. The average Bonchev–Trinajstić information content (AvgIpc) is 3.94. The lowest BCUT2D eigenvalue weighted by molar-refractivity contribution is -0.146. The van der Waals surface area contributed by atoms with Crippen molar-refractivity contribution >= 4 is 58.1 Å². The van der Waals surface area contributed by atoms with Gasteiger partial charge in [0.2, 0.25) is 0 Å². The lowest BCUT2D eigenvalue weighted by Crippen LogP contribution is -2.49. The van der Waals surface area contributed by atoms with E-state index in [0.29, 0.717) is 18.7 Å². The first-order valence-corrected chi connectivity index (χ1v) is 20.9. The molecule has 1 aliphatic rings. The molecule has 0 radical (unpaired) electrons. The highest BCUT2D eigenvalue weighted by atomic mass is 35.5. The quantitative estimate of drug-likeness (QED) is 0.164. The number of hydrogen-bond donors (Lipinski definition) is 1. The van der Waals surface area contributed by atoms with E-state index >= 15 is 0 Å². The van der Waals surface area contributed by atoms with Gasteiger partial charge in [-0.05, 0) is 112 Å². The van der Waals surface area contributed by atoms with Gasteiger partial charge >= 0.3 is 24.5 Å². The molecule has 6 rings (SSSR count). The van der Waals surface area contributed by atoms with Gasteiger partial charge in [0, 0.05) is 59.8 Å². The zero-order valence-corrected chi connectivity index (χ0v) is 39.4. The highest BCUT2D eigenvalue weighted by Crippen LogP contribution is 2.43. The number of aliphatic carboxylic acids is 1. The fourth-order valence-electron chi connectivity index (χ4n) is 7.32. The number of aromatic nitrogens is 4. The zero-order chi connectivity index (χ0) is 50.6. The lowest BCUT2D eigenvalue weighted by atomic mass is 9.99.